The molecule has 1 aromatic rings. The third-order valence-corrected chi connectivity index (χ3v) is 3.81. The van der Waals surface area contributed by atoms with Crippen molar-refractivity contribution < 1.29 is 4.74 Å². The van der Waals surface area contributed by atoms with Gasteiger partial charge in [0, 0.05) is 25.5 Å². The average molecular weight is 321 g/mol. The number of ether oxygens (including phenoxy) is 1. The molecule has 1 fully saturated rings. The van der Waals surface area contributed by atoms with E-state index < -0.39 is 0 Å². The number of rotatable bonds is 3. The number of aromatic nitrogens is 2. The van der Waals surface area contributed by atoms with Gasteiger partial charge >= 0.3 is 0 Å². The smallest absolute Gasteiger partial charge is 0.224 e. The van der Waals surface area contributed by atoms with Crippen molar-refractivity contribution >= 4 is 33.3 Å². The van der Waals surface area contributed by atoms with Crippen molar-refractivity contribution in [3.63, 3.8) is 0 Å². The number of hydrogen-bond acceptors (Lipinski definition) is 4. The maximum absolute atomic E-state index is 5.78. The Labute approximate surface area is 114 Å². The Hall–Kier alpha value is -0.390. The zero-order valence-electron chi connectivity index (χ0n) is 9.62. The van der Waals surface area contributed by atoms with Gasteiger partial charge in [0.25, 0.3) is 0 Å². The predicted molar refractivity (Wildman–Crippen MR) is 71.4 cm³/mol. The van der Waals surface area contributed by atoms with Gasteiger partial charge in [-0.1, -0.05) is 0 Å². The lowest BCUT2D eigenvalue weighted by Gasteiger charge is -2.28. The van der Waals surface area contributed by atoms with Gasteiger partial charge in [0.15, 0.2) is 0 Å². The summed E-state index contributed by atoms with van der Waals surface area (Å²) in [5, 5.41) is 3.64. The number of anilines is 1. The molecule has 2 heterocycles. The highest BCUT2D eigenvalue weighted by atomic mass is 79.9. The minimum atomic E-state index is 0.259. The first-order valence-corrected chi connectivity index (χ1v) is 6.86. The Balaban J connectivity index is 2.01. The van der Waals surface area contributed by atoms with Crippen molar-refractivity contribution in [1.82, 2.24) is 9.97 Å². The predicted octanol–water partition coefficient (Wildman–Crippen LogP) is 3.12. The molecule has 2 rings (SSSR count). The van der Waals surface area contributed by atoms with Crippen LogP contribution in [0.5, 0.6) is 0 Å². The molecule has 6 heteroatoms. The third kappa shape index (κ3) is 3.53. The van der Waals surface area contributed by atoms with Crippen LogP contribution in [0.15, 0.2) is 10.7 Å². The lowest BCUT2D eigenvalue weighted by atomic mass is 9.93. The summed E-state index contributed by atoms with van der Waals surface area (Å²) in [5.74, 6) is 1.37. The average Bonchev–Trinajstić information content (AvgIpc) is 2.35. The summed E-state index contributed by atoms with van der Waals surface area (Å²) < 4.78 is 6.19. The van der Waals surface area contributed by atoms with Gasteiger partial charge < -0.3 is 10.1 Å². The van der Waals surface area contributed by atoms with Crippen molar-refractivity contribution in [2.24, 2.45) is 5.92 Å². The standard InChI is InChI=1S/C11H15BrClN3O/c1-7(8-2-4-17-5-3-8)15-10-9(12)6-14-11(13)16-10/h6-8H,2-5H2,1H3,(H,14,15,16). The van der Waals surface area contributed by atoms with Crippen LogP contribution in [0.4, 0.5) is 5.82 Å². The van der Waals surface area contributed by atoms with Gasteiger partial charge in [0.05, 0.1) is 4.47 Å². The van der Waals surface area contributed by atoms with Crippen LogP contribution in [0.2, 0.25) is 5.28 Å². The summed E-state index contributed by atoms with van der Waals surface area (Å²) in [7, 11) is 0. The first kappa shape index (κ1) is 13.1. The Morgan fingerprint density at radius 3 is 2.94 bits per heavy atom. The van der Waals surface area contributed by atoms with E-state index in [0.29, 0.717) is 12.0 Å². The van der Waals surface area contributed by atoms with Crippen LogP contribution in [0.3, 0.4) is 0 Å². The van der Waals surface area contributed by atoms with Crippen LogP contribution >= 0.6 is 27.5 Å². The zero-order valence-corrected chi connectivity index (χ0v) is 12.0. The largest absolute Gasteiger partial charge is 0.381 e. The molecule has 0 aliphatic carbocycles. The van der Waals surface area contributed by atoms with E-state index in [1.165, 1.54) is 0 Å². The Morgan fingerprint density at radius 1 is 1.53 bits per heavy atom. The van der Waals surface area contributed by atoms with E-state index in [9.17, 15) is 0 Å². The molecule has 1 aliphatic heterocycles. The maximum atomic E-state index is 5.78. The van der Waals surface area contributed by atoms with Gasteiger partial charge in [-0.2, -0.15) is 4.98 Å². The first-order valence-electron chi connectivity index (χ1n) is 5.69. The lowest BCUT2D eigenvalue weighted by molar-refractivity contribution is 0.0622. The Morgan fingerprint density at radius 2 is 2.24 bits per heavy atom. The summed E-state index contributed by atoms with van der Waals surface area (Å²) in [6.45, 7) is 3.86. The minimum absolute atomic E-state index is 0.259. The first-order chi connectivity index (χ1) is 8.16. The van der Waals surface area contributed by atoms with Crippen LogP contribution in [0.25, 0.3) is 0 Å². The molecule has 1 saturated heterocycles. The van der Waals surface area contributed by atoms with E-state index in [1.807, 2.05) is 0 Å². The zero-order chi connectivity index (χ0) is 12.3. The van der Waals surface area contributed by atoms with E-state index in [1.54, 1.807) is 6.20 Å². The molecule has 0 radical (unpaired) electrons. The van der Waals surface area contributed by atoms with E-state index in [4.69, 9.17) is 16.3 Å². The summed E-state index contributed by atoms with van der Waals surface area (Å²) in [4.78, 5) is 8.08. The van der Waals surface area contributed by atoms with E-state index >= 15 is 0 Å². The summed E-state index contributed by atoms with van der Waals surface area (Å²) >= 11 is 9.20. The molecular formula is C11H15BrClN3O. The molecule has 0 saturated carbocycles. The molecule has 0 aromatic carbocycles. The monoisotopic (exact) mass is 319 g/mol. The molecule has 1 aliphatic rings. The van der Waals surface area contributed by atoms with Gasteiger partial charge in [0.2, 0.25) is 5.28 Å². The second-order valence-electron chi connectivity index (χ2n) is 4.22. The summed E-state index contributed by atoms with van der Waals surface area (Å²) in [6.07, 6.45) is 3.84. The molecule has 1 atom stereocenters. The van der Waals surface area contributed by atoms with Crippen molar-refractivity contribution in [3.8, 4) is 0 Å². The van der Waals surface area contributed by atoms with Gasteiger partial charge in [-0.15, -0.1) is 0 Å². The quantitative estimate of drug-likeness (QED) is 0.869. The second-order valence-corrected chi connectivity index (χ2v) is 5.41. The fraction of sp³-hybridized carbons (Fsp3) is 0.636. The van der Waals surface area contributed by atoms with Crippen LogP contribution in [-0.4, -0.2) is 29.2 Å². The van der Waals surface area contributed by atoms with Gasteiger partial charge in [-0.25, -0.2) is 4.98 Å². The molecule has 0 spiro atoms. The van der Waals surface area contributed by atoms with E-state index in [-0.39, 0.29) is 5.28 Å². The van der Waals surface area contributed by atoms with Crippen molar-refractivity contribution in [1.29, 1.82) is 0 Å². The number of nitrogens with one attached hydrogen (secondary N) is 1. The normalized spacial score (nSPS) is 19.0. The summed E-state index contributed by atoms with van der Waals surface area (Å²) in [6, 6.07) is 0.348. The molecule has 1 aromatic heterocycles. The van der Waals surface area contributed by atoms with Crippen molar-refractivity contribution in [3.05, 3.63) is 16.0 Å². The van der Waals surface area contributed by atoms with Crippen LogP contribution in [0, 0.1) is 5.92 Å². The minimum Gasteiger partial charge on any atom is -0.381 e. The Kier molecular flexibility index (Phi) is 4.59. The molecular weight excluding hydrogens is 305 g/mol. The lowest BCUT2D eigenvalue weighted by Crippen LogP contribution is -2.31. The van der Waals surface area contributed by atoms with Crippen LogP contribution in [0.1, 0.15) is 19.8 Å². The highest BCUT2D eigenvalue weighted by Gasteiger charge is 2.21. The Bertz CT molecular complexity index is 385. The molecule has 4 nitrogen and oxygen atoms in total. The van der Waals surface area contributed by atoms with Gasteiger partial charge in [-0.3, -0.25) is 0 Å². The van der Waals surface area contributed by atoms with Crippen molar-refractivity contribution in [2.75, 3.05) is 18.5 Å². The molecule has 0 amide bonds. The van der Waals surface area contributed by atoms with Gasteiger partial charge in [-0.05, 0) is 53.2 Å². The van der Waals surface area contributed by atoms with Gasteiger partial charge in [0.1, 0.15) is 5.82 Å². The number of halogens is 2. The fourth-order valence-electron chi connectivity index (χ4n) is 2.00. The molecule has 17 heavy (non-hydrogen) atoms. The van der Waals surface area contributed by atoms with E-state index in [0.717, 1.165) is 36.3 Å². The van der Waals surface area contributed by atoms with Crippen LogP contribution in [-0.2, 0) is 4.74 Å². The van der Waals surface area contributed by atoms with Crippen molar-refractivity contribution in [2.45, 2.75) is 25.8 Å². The molecule has 1 N–H and O–H groups in total. The van der Waals surface area contributed by atoms with Crippen LogP contribution < -0.4 is 5.32 Å². The third-order valence-electron chi connectivity index (χ3n) is 3.05. The highest BCUT2D eigenvalue weighted by molar-refractivity contribution is 9.10. The molecule has 94 valence electrons. The summed E-state index contributed by atoms with van der Waals surface area (Å²) in [5.41, 5.74) is 0. The second kappa shape index (κ2) is 5.98. The highest BCUT2D eigenvalue weighted by Crippen LogP contribution is 2.25. The topological polar surface area (TPSA) is 47.0 Å². The number of hydrogen-bond donors (Lipinski definition) is 1. The number of nitrogens with zero attached hydrogens (tertiary/aromatic N) is 2. The SMILES string of the molecule is CC(Nc1nc(Cl)ncc1Br)C1CCOCC1. The van der Waals surface area contributed by atoms with E-state index in [2.05, 4.69) is 38.1 Å². The maximum Gasteiger partial charge on any atom is 0.224 e. The molecule has 0 bridgehead atoms. The fourth-order valence-corrected chi connectivity index (χ4v) is 2.43. The molecule has 1 unspecified atom stereocenters.